The predicted octanol–water partition coefficient (Wildman–Crippen LogP) is -2.69. The van der Waals surface area contributed by atoms with Crippen molar-refractivity contribution in [1.82, 2.24) is 19.1 Å². The van der Waals surface area contributed by atoms with Gasteiger partial charge < -0.3 is 52.6 Å². The molecule has 4 atom stereocenters. The molecule has 0 spiro atoms. The molecule has 5 heterocycles. The van der Waals surface area contributed by atoms with E-state index in [4.69, 9.17) is 44.1 Å². The summed E-state index contributed by atoms with van der Waals surface area (Å²) in [7, 11) is 1.00. The van der Waals surface area contributed by atoms with Crippen molar-refractivity contribution in [3.8, 4) is 0 Å². The van der Waals surface area contributed by atoms with E-state index >= 15 is 0 Å². The second kappa shape index (κ2) is 21.0. The number of aromatic nitrogens is 4. The van der Waals surface area contributed by atoms with Crippen LogP contribution in [-0.4, -0.2) is 77.2 Å². The van der Waals surface area contributed by atoms with Gasteiger partial charge in [0, 0.05) is 112 Å². The Hall–Kier alpha value is -1.68. The zero-order chi connectivity index (χ0) is 37.4. The van der Waals surface area contributed by atoms with Gasteiger partial charge in [-0.05, 0) is 92.4 Å². The van der Waals surface area contributed by atoms with Gasteiger partial charge in [0.05, 0.1) is 13.0 Å². The number of carbonyl (C=O) groups excluding carboxylic acids is 1. The average molecular weight is 840 g/mol. The van der Waals surface area contributed by atoms with E-state index in [1.807, 2.05) is 9.13 Å². The van der Waals surface area contributed by atoms with Crippen LogP contribution in [0.3, 0.4) is 0 Å². The van der Waals surface area contributed by atoms with Crippen LogP contribution in [0.5, 0.6) is 0 Å². The maximum absolute atomic E-state index is 13.6. The Morgan fingerprint density at radius 3 is 1.64 bits per heavy atom. The second-order valence-corrected chi connectivity index (χ2v) is 14.5. The SMILES string of the molecule is C1CCOC1.CCOC(=O)Cc1[nH]c(=S)n2c1[C@@H]1C[C@]1(c1cc(F)cc(F)c1)C2.CO.OCCc1[nH]c(=S)n2c1[C@@H]1C[C@]1(c1cc(F)cc(F)c1)C2.[B].[Cl-].[H-].[Li+].[Na+]. The van der Waals surface area contributed by atoms with E-state index in [2.05, 4.69) is 9.97 Å². The van der Waals surface area contributed by atoms with Crippen molar-refractivity contribution in [2.24, 2.45) is 0 Å². The van der Waals surface area contributed by atoms with Crippen molar-refractivity contribution in [3.05, 3.63) is 103 Å². The maximum atomic E-state index is 13.6. The van der Waals surface area contributed by atoms with Crippen molar-refractivity contribution in [3.63, 3.8) is 0 Å². The molecule has 19 heteroatoms. The van der Waals surface area contributed by atoms with Crippen LogP contribution in [0.15, 0.2) is 36.4 Å². The first-order valence-corrected chi connectivity index (χ1v) is 18.2. The van der Waals surface area contributed by atoms with E-state index in [9.17, 15) is 22.4 Å². The number of aliphatic hydroxyl groups excluding tert-OH is 2. The Balaban J connectivity index is 0.000000456. The molecule has 2 saturated carbocycles. The van der Waals surface area contributed by atoms with Gasteiger partial charge in [0.1, 0.15) is 23.3 Å². The number of rotatable bonds is 7. The van der Waals surface area contributed by atoms with E-state index in [1.54, 1.807) is 6.92 Å². The van der Waals surface area contributed by atoms with Crippen molar-refractivity contribution < 1.29 is 104 Å². The molecule has 2 aromatic carbocycles. The third kappa shape index (κ3) is 10.0. The van der Waals surface area contributed by atoms with E-state index in [0.29, 0.717) is 46.8 Å². The Morgan fingerprint density at radius 1 is 0.857 bits per heavy atom. The summed E-state index contributed by atoms with van der Waals surface area (Å²) in [5.41, 5.74) is 4.58. The van der Waals surface area contributed by atoms with Crippen LogP contribution >= 0.6 is 24.4 Å². The number of aromatic amines is 2. The fourth-order valence-corrected chi connectivity index (χ4v) is 8.80. The molecule has 2 aliphatic carbocycles. The number of hydrogen-bond donors (Lipinski definition) is 4. The van der Waals surface area contributed by atoms with Gasteiger partial charge in [-0.15, -0.1) is 0 Å². The smallest absolute Gasteiger partial charge is 1.00 e. The number of imidazole rings is 2. The number of nitrogens with zero attached hydrogens (tertiary/aromatic N) is 2. The minimum atomic E-state index is -0.571. The molecule has 4 aromatic rings. The molecule has 0 amide bonds. The first-order valence-electron chi connectivity index (χ1n) is 17.3. The molecule has 1 saturated heterocycles. The molecule has 3 fully saturated rings. The largest absolute Gasteiger partial charge is 1.00 e. The number of hydrogen-bond acceptors (Lipinski definition) is 7. The molecule has 3 aliphatic heterocycles. The van der Waals surface area contributed by atoms with Crippen molar-refractivity contribution in [2.75, 3.05) is 33.5 Å². The Bertz CT molecular complexity index is 2060. The molecule has 5 aliphatic rings. The summed E-state index contributed by atoms with van der Waals surface area (Å²) in [5, 5.41) is 16.2. The number of nitrogens with one attached hydrogen (secondary N) is 2. The first kappa shape index (κ1) is 50.5. The van der Waals surface area contributed by atoms with Gasteiger partial charge in [-0.25, -0.2) is 17.6 Å². The summed E-state index contributed by atoms with van der Waals surface area (Å²) in [6, 6.07) is 7.42. The Labute approximate surface area is 377 Å². The van der Waals surface area contributed by atoms with Crippen molar-refractivity contribution >= 4 is 38.8 Å². The number of esters is 1. The van der Waals surface area contributed by atoms with Gasteiger partial charge in [-0.1, -0.05) is 0 Å². The van der Waals surface area contributed by atoms with Crippen LogP contribution < -0.4 is 60.8 Å². The van der Waals surface area contributed by atoms with E-state index in [0.717, 1.165) is 68.1 Å². The van der Waals surface area contributed by atoms with Crippen LogP contribution in [0, 0.1) is 32.8 Å². The molecule has 9 rings (SSSR count). The van der Waals surface area contributed by atoms with Crippen molar-refractivity contribution in [2.45, 2.75) is 81.2 Å². The summed E-state index contributed by atoms with van der Waals surface area (Å²) in [4.78, 5) is 18.0. The number of halogens is 5. The van der Waals surface area contributed by atoms with Gasteiger partial charge in [0.15, 0.2) is 9.54 Å². The molecular weight excluding hydrogens is 797 g/mol. The van der Waals surface area contributed by atoms with Gasteiger partial charge in [0.25, 0.3) is 0 Å². The zero-order valence-corrected chi connectivity index (χ0v) is 36.3. The van der Waals surface area contributed by atoms with Crippen molar-refractivity contribution in [1.29, 1.82) is 0 Å². The predicted molar refractivity (Wildman–Crippen MR) is 196 cm³/mol. The normalized spacial score (nSPS) is 22.1. The van der Waals surface area contributed by atoms with Gasteiger partial charge >= 0.3 is 54.4 Å². The summed E-state index contributed by atoms with van der Waals surface area (Å²) in [5.74, 6) is -2.18. The summed E-state index contributed by atoms with van der Waals surface area (Å²) < 4.78 is 69.3. The minimum absolute atomic E-state index is 0. The third-order valence-electron chi connectivity index (χ3n) is 10.6. The van der Waals surface area contributed by atoms with Crippen LogP contribution in [0.25, 0.3) is 0 Å². The Morgan fingerprint density at radius 2 is 1.27 bits per heavy atom. The summed E-state index contributed by atoms with van der Waals surface area (Å²) in [6.07, 6.45) is 4.89. The van der Waals surface area contributed by atoms with E-state index in [1.165, 1.54) is 37.1 Å². The van der Waals surface area contributed by atoms with Crippen LogP contribution in [-0.2, 0) is 51.0 Å². The topological polar surface area (TPSA) is 117 Å². The molecule has 293 valence electrons. The number of ether oxygens (including phenoxy) is 2. The number of carbonyl (C=O) groups is 1. The number of benzene rings is 2. The number of H-pyrrole nitrogens is 2. The monoisotopic (exact) mass is 839 g/mol. The van der Waals surface area contributed by atoms with Crippen LogP contribution in [0.1, 0.15) is 79.8 Å². The molecule has 3 radical (unpaired) electrons. The Kier molecular flexibility index (Phi) is 18.9. The van der Waals surface area contributed by atoms with E-state index < -0.39 is 23.3 Å². The molecule has 9 nitrogen and oxygen atoms in total. The number of fused-ring (bicyclic) bond motifs is 6. The quantitative estimate of drug-likeness (QED) is 0.0695. The standard InChI is InChI=1S/C17H16F2N2O2S.C15H14F2N2OS.C4H8O.CH4O.B.ClH.Li.Na.H/c1-2-23-14(22)6-13-15-12-7-17(12,8-21(15)16(24)20-13)9-3-10(18)5-11(19)4-9;16-9-3-8(4-10(17)5-9)15-6-11(15)13-12(1-2-20)18-14(21)19(13)7-15;1-2-4-5-3-1;1-2;;;;;/h3-5,12H,2,6-8H2,1H3,(H,20,24);3-5,11,20H,1-2,6-7H2,(H,18,21);1-4H2;2H,1H3;;1H;;;/q;;;;;;2*+1;-1/p-1/t12-,17+;11-,15+;;;;;;;/m00......./s1. The molecule has 56 heavy (non-hydrogen) atoms. The van der Waals surface area contributed by atoms with Gasteiger partial charge in [0.2, 0.25) is 0 Å². The number of aliphatic hydroxyl groups is 2. The first-order chi connectivity index (χ1) is 25.0. The van der Waals surface area contributed by atoms with E-state index in [-0.39, 0.29) is 112 Å². The maximum Gasteiger partial charge on any atom is 1.00 e. The molecule has 4 N–H and O–H groups in total. The average Bonchev–Trinajstić information content (AvgIpc) is 3.53. The second-order valence-electron chi connectivity index (χ2n) is 13.7. The fourth-order valence-electron chi connectivity index (χ4n) is 8.22. The molecule has 2 aromatic heterocycles. The summed E-state index contributed by atoms with van der Waals surface area (Å²) >= 11 is 10.7. The summed E-state index contributed by atoms with van der Waals surface area (Å²) in [6.45, 7) is 5.36. The molecule has 0 bridgehead atoms. The third-order valence-corrected chi connectivity index (χ3v) is 11.2. The minimum Gasteiger partial charge on any atom is -1.00 e. The zero-order valence-electron chi connectivity index (χ0n) is 32.9. The van der Waals surface area contributed by atoms with Gasteiger partial charge in [-0.3, -0.25) is 4.79 Å². The van der Waals surface area contributed by atoms with Gasteiger partial charge in [-0.2, -0.15) is 0 Å². The molecule has 0 unspecified atom stereocenters. The van der Waals surface area contributed by atoms with Crippen LogP contribution in [0.2, 0.25) is 0 Å². The fraction of sp³-hybridized carbons (Fsp3) is 0.486. The molecular formula is C37H43BClF4LiN4NaO5S2. The van der Waals surface area contributed by atoms with Crippen LogP contribution in [0.4, 0.5) is 17.6 Å².